The molecule has 132 valence electrons. The molecule has 1 aromatic carbocycles. The molecule has 1 saturated heterocycles. The third kappa shape index (κ3) is 4.32. The van der Waals surface area contributed by atoms with Crippen LogP contribution in [0.5, 0.6) is 0 Å². The lowest BCUT2D eigenvalue weighted by atomic mass is 9.95. The van der Waals surface area contributed by atoms with Gasteiger partial charge in [-0.1, -0.05) is 32.9 Å². The van der Waals surface area contributed by atoms with Crippen LogP contribution < -0.4 is 10.6 Å². The number of nitrogens with zero attached hydrogens (tertiary/aromatic N) is 1. The van der Waals surface area contributed by atoms with Crippen LogP contribution in [0.1, 0.15) is 39.3 Å². The van der Waals surface area contributed by atoms with E-state index in [0.29, 0.717) is 19.6 Å². The number of rotatable bonds is 3. The van der Waals surface area contributed by atoms with E-state index >= 15 is 0 Å². The fraction of sp³-hybridized carbons (Fsp3) is 0.556. The number of carbonyl (C=O) groups excluding carboxylic acids is 2. The van der Waals surface area contributed by atoms with Crippen molar-refractivity contribution in [3.05, 3.63) is 35.6 Å². The maximum Gasteiger partial charge on any atom is 0.245 e. The molecule has 0 aliphatic carbocycles. The van der Waals surface area contributed by atoms with Gasteiger partial charge in [0.1, 0.15) is 11.9 Å². The molecule has 6 heteroatoms. The molecule has 0 bridgehead atoms. The molecule has 2 atom stereocenters. The van der Waals surface area contributed by atoms with Crippen LogP contribution in [-0.4, -0.2) is 42.4 Å². The number of piperazine rings is 1. The van der Waals surface area contributed by atoms with E-state index in [0.717, 1.165) is 5.56 Å². The highest BCUT2D eigenvalue weighted by molar-refractivity contribution is 5.89. The highest BCUT2D eigenvalue weighted by atomic mass is 19.1. The number of amides is 2. The van der Waals surface area contributed by atoms with E-state index in [1.807, 2.05) is 6.07 Å². The van der Waals surface area contributed by atoms with Gasteiger partial charge in [-0.05, 0) is 24.6 Å². The van der Waals surface area contributed by atoms with Crippen molar-refractivity contribution >= 4 is 11.8 Å². The Morgan fingerprint density at radius 2 is 2.08 bits per heavy atom. The molecule has 2 unspecified atom stereocenters. The molecule has 0 radical (unpaired) electrons. The first-order valence-electron chi connectivity index (χ1n) is 8.28. The minimum atomic E-state index is -0.620. The van der Waals surface area contributed by atoms with Gasteiger partial charge in [0.05, 0.1) is 6.04 Å². The fourth-order valence-corrected chi connectivity index (χ4v) is 2.70. The molecule has 1 fully saturated rings. The Kier molecular flexibility index (Phi) is 5.59. The maximum absolute atomic E-state index is 13.5. The monoisotopic (exact) mass is 335 g/mol. The van der Waals surface area contributed by atoms with Crippen molar-refractivity contribution in [1.82, 2.24) is 15.5 Å². The Bertz CT molecular complexity index is 613. The summed E-state index contributed by atoms with van der Waals surface area (Å²) in [5.41, 5.74) is 0.199. The van der Waals surface area contributed by atoms with E-state index < -0.39 is 11.5 Å². The second kappa shape index (κ2) is 7.30. The van der Waals surface area contributed by atoms with Crippen LogP contribution in [0.4, 0.5) is 4.39 Å². The van der Waals surface area contributed by atoms with Gasteiger partial charge in [0.2, 0.25) is 11.8 Å². The summed E-state index contributed by atoms with van der Waals surface area (Å²) in [6.07, 6.45) is 0. The van der Waals surface area contributed by atoms with E-state index in [9.17, 15) is 14.0 Å². The van der Waals surface area contributed by atoms with Crippen LogP contribution in [0.25, 0.3) is 0 Å². The van der Waals surface area contributed by atoms with Crippen LogP contribution in [0, 0.1) is 11.2 Å². The molecule has 0 spiro atoms. The van der Waals surface area contributed by atoms with Crippen molar-refractivity contribution in [2.24, 2.45) is 5.41 Å². The highest BCUT2D eigenvalue weighted by Crippen LogP contribution is 2.24. The van der Waals surface area contributed by atoms with E-state index in [1.165, 1.54) is 12.1 Å². The molecular weight excluding hydrogens is 309 g/mol. The molecule has 1 aromatic rings. The summed E-state index contributed by atoms with van der Waals surface area (Å²) in [5.74, 6) is -0.635. The van der Waals surface area contributed by atoms with Crippen LogP contribution in [0.15, 0.2) is 24.3 Å². The number of carbonyl (C=O) groups is 2. The van der Waals surface area contributed by atoms with Gasteiger partial charge in [-0.25, -0.2) is 4.39 Å². The summed E-state index contributed by atoms with van der Waals surface area (Å²) in [7, 11) is 0. The van der Waals surface area contributed by atoms with Crippen LogP contribution in [-0.2, 0) is 9.59 Å². The average Bonchev–Trinajstić information content (AvgIpc) is 2.53. The Morgan fingerprint density at radius 1 is 1.38 bits per heavy atom. The summed E-state index contributed by atoms with van der Waals surface area (Å²) < 4.78 is 13.5. The van der Waals surface area contributed by atoms with Gasteiger partial charge in [-0.2, -0.15) is 0 Å². The lowest BCUT2D eigenvalue weighted by Crippen LogP contribution is -2.55. The number of hydrogen-bond acceptors (Lipinski definition) is 3. The first-order chi connectivity index (χ1) is 11.2. The third-order valence-electron chi connectivity index (χ3n) is 4.16. The first-order valence-corrected chi connectivity index (χ1v) is 8.28. The molecule has 5 nitrogen and oxygen atoms in total. The topological polar surface area (TPSA) is 61.4 Å². The molecule has 1 heterocycles. The van der Waals surface area contributed by atoms with Gasteiger partial charge in [0.25, 0.3) is 0 Å². The van der Waals surface area contributed by atoms with Crippen molar-refractivity contribution < 1.29 is 14.0 Å². The second-order valence-electron chi connectivity index (χ2n) is 7.25. The predicted molar refractivity (Wildman–Crippen MR) is 90.8 cm³/mol. The van der Waals surface area contributed by atoms with Gasteiger partial charge in [0.15, 0.2) is 0 Å². The molecule has 1 aliphatic rings. The van der Waals surface area contributed by atoms with Crippen LogP contribution in [0.3, 0.4) is 0 Å². The van der Waals surface area contributed by atoms with Crippen LogP contribution in [0.2, 0.25) is 0 Å². The standard InChI is InChI=1S/C18H26FN3O2/c1-12(21-17(24)18(2,3)4)16(23)22-9-8-20-11-15(22)13-6-5-7-14(19)10-13/h5-7,10,12,15,20H,8-9,11H2,1-4H3,(H,21,24). The van der Waals surface area contributed by atoms with E-state index in [2.05, 4.69) is 10.6 Å². The van der Waals surface area contributed by atoms with Gasteiger partial charge >= 0.3 is 0 Å². The molecule has 2 rings (SSSR count). The highest BCUT2D eigenvalue weighted by Gasteiger charge is 2.32. The summed E-state index contributed by atoms with van der Waals surface area (Å²) in [6.45, 7) is 8.87. The molecule has 2 amide bonds. The maximum atomic E-state index is 13.5. The SMILES string of the molecule is CC(NC(=O)C(C)(C)C)C(=O)N1CCNCC1c1cccc(F)c1. The summed E-state index contributed by atoms with van der Waals surface area (Å²) in [6, 6.07) is 5.45. The summed E-state index contributed by atoms with van der Waals surface area (Å²) >= 11 is 0. The van der Waals surface area contributed by atoms with Crippen molar-refractivity contribution in [3.8, 4) is 0 Å². The lowest BCUT2D eigenvalue weighted by molar-refractivity contribution is -0.140. The molecule has 0 aromatic heterocycles. The fourth-order valence-electron chi connectivity index (χ4n) is 2.70. The van der Waals surface area contributed by atoms with Gasteiger partial charge in [-0.3, -0.25) is 9.59 Å². The third-order valence-corrected chi connectivity index (χ3v) is 4.16. The molecule has 2 N–H and O–H groups in total. The van der Waals surface area contributed by atoms with Gasteiger partial charge in [-0.15, -0.1) is 0 Å². The Labute approximate surface area is 142 Å². The minimum absolute atomic E-state index is 0.150. The average molecular weight is 335 g/mol. The summed E-state index contributed by atoms with van der Waals surface area (Å²) in [5, 5.41) is 6.01. The molecule has 0 saturated carbocycles. The first kappa shape index (κ1) is 18.4. The quantitative estimate of drug-likeness (QED) is 0.886. The molecule has 1 aliphatic heterocycles. The second-order valence-corrected chi connectivity index (χ2v) is 7.25. The smallest absolute Gasteiger partial charge is 0.245 e. The number of halogens is 1. The summed E-state index contributed by atoms with van der Waals surface area (Å²) in [4.78, 5) is 26.7. The van der Waals surface area contributed by atoms with Gasteiger partial charge in [0, 0.05) is 25.0 Å². The largest absolute Gasteiger partial charge is 0.344 e. The van der Waals surface area contributed by atoms with Crippen molar-refractivity contribution in [2.45, 2.75) is 39.8 Å². The molecular formula is C18H26FN3O2. The van der Waals surface area contributed by atoms with E-state index in [-0.39, 0.29) is 23.7 Å². The predicted octanol–water partition coefficient (Wildman–Crippen LogP) is 1.85. The zero-order chi connectivity index (χ0) is 17.9. The number of nitrogens with one attached hydrogen (secondary N) is 2. The number of benzene rings is 1. The van der Waals surface area contributed by atoms with Crippen molar-refractivity contribution in [3.63, 3.8) is 0 Å². The zero-order valence-corrected chi connectivity index (χ0v) is 14.7. The molecule has 24 heavy (non-hydrogen) atoms. The lowest BCUT2D eigenvalue weighted by Gasteiger charge is -2.38. The van der Waals surface area contributed by atoms with Crippen LogP contribution >= 0.6 is 0 Å². The van der Waals surface area contributed by atoms with E-state index in [4.69, 9.17) is 0 Å². The van der Waals surface area contributed by atoms with Crippen molar-refractivity contribution in [1.29, 1.82) is 0 Å². The van der Waals surface area contributed by atoms with E-state index in [1.54, 1.807) is 38.7 Å². The normalized spacial score (nSPS) is 19.7. The number of hydrogen-bond donors (Lipinski definition) is 2. The van der Waals surface area contributed by atoms with Crippen molar-refractivity contribution in [2.75, 3.05) is 19.6 Å². The van der Waals surface area contributed by atoms with Gasteiger partial charge < -0.3 is 15.5 Å². The Morgan fingerprint density at radius 3 is 2.71 bits per heavy atom. The minimum Gasteiger partial charge on any atom is -0.344 e. The Balaban J connectivity index is 2.14. The Hall–Kier alpha value is -1.95. The zero-order valence-electron chi connectivity index (χ0n) is 14.7.